The molecule has 4 heteroatoms. The van der Waals surface area contributed by atoms with Gasteiger partial charge in [0.1, 0.15) is 0 Å². The Kier molecular flexibility index (Phi) is 2.44. The molecule has 0 atom stereocenters. The van der Waals surface area contributed by atoms with Gasteiger partial charge in [-0.25, -0.2) is 0 Å². The van der Waals surface area contributed by atoms with E-state index in [1.165, 1.54) is 31.4 Å². The van der Waals surface area contributed by atoms with Crippen molar-refractivity contribution in [2.75, 3.05) is 13.1 Å². The molecule has 1 aromatic heterocycles. The zero-order chi connectivity index (χ0) is 10.1. The average molecular weight is 206 g/mol. The molecular weight excluding hydrogens is 188 g/mol. The van der Waals surface area contributed by atoms with Crippen molar-refractivity contribution in [2.24, 2.45) is 5.92 Å². The van der Waals surface area contributed by atoms with E-state index >= 15 is 0 Å². The molecule has 0 radical (unpaired) electrons. The summed E-state index contributed by atoms with van der Waals surface area (Å²) in [6.45, 7) is 3.38. The highest BCUT2D eigenvalue weighted by atomic mass is 15.4. The monoisotopic (exact) mass is 206 g/mol. The number of hydrogen-bond acceptors (Lipinski definition) is 3. The lowest BCUT2D eigenvalue weighted by molar-refractivity contribution is 0.318. The molecule has 3 rings (SSSR count). The molecule has 1 aliphatic carbocycles. The second-order valence-electron chi connectivity index (χ2n) is 4.83. The second kappa shape index (κ2) is 3.93. The van der Waals surface area contributed by atoms with Crippen LogP contribution in [0.15, 0.2) is 6.20 Å². The third kappa shape index (κ3) is 2.20. The summed E-state index contributed by atoms with van der Waals surface area (Å²) < 4.78 is 2.05. The van der Waals surface area contributed by atoms with E-state index in [9.17, 15) is 0 Å². The molecule has 1 aliphatic heterocycles. The van der Waals surface area contributed by atoms with Crippen LogP contribution < -0.4 is 5.32 Å². The second-order valence-corrected chi connectivity index (χ2v) is 4.83. The Labute approximate surface area is 90.0 Å². The van der Waals surface area contributed by atoms with Gasteiger partial charge in [0.05, 0.1) is 5.69 Å². The maximum atomic E-state index is 4.24. The van der Waals surface area contributed by atoms with Gasteiger partial charge < -0.3 is 5.32 Å². The fourth-order valence-electron chi connectivity index (χ4n) is 2.30. The van der Waals surface area contributed by atoms with Gasteiger partial charge in [0.2, 0.25) is 0 Å². The van der Waals surface area contributed by atoms with Gasteiger partial charge in [0.25, 0.3) is 0 Å². The summed E-state index contributed by atoms with van der Waals surface area (Å²) in [7, 11) is 0. The van der Waals surface area contributed by atoms with Gasteiger partial charge in [-0.3, -0.25) is 4.68 Å². The molecule has 4 nitrogen and oxygen atoms in total. The van der Waals surface area contributed by atoms with Gasteiger partial charge in [0.15, 0.2) is 0 Å². The predicted molar refractivity (Wildman–Crippen MR) is 57.6 cm³/mol. The smallest absolute Gasteiger partial charge is 0.0857 e. The van der Waals surface area contributed by atoms with Crippen molar-refractivity contribution in [2.45, 2.75) is 38.1 Å². The number of hydrogen-bond donors (Lipinski definition) is 1. The molecule has 2 fully saturated rings. The molecule has 0 amide bonds. The van der Waals surface area contributed by atoms with E-state index in [1.807, 2.05) is 4.68 Å². The van der Waals surface area contributed by atoms with E-state index in [-0.39, 0.29) is 0 Å². The van der Waals surface area contributed by atoms with E-state index in [0.717, 1.165) is 31.5 Å². The molecule has 1 saturated heterocycles. The van der Waals surface area contributed by atoms with Crippen LogP contribution in [0.25, 0.3) is 0 Å². The maximum Gasteiger partial charge on any atom is 0.0857 e. The Morgan fingerprint density at radius 1 is 1.27 bits per heavy atom. The van der Waals surface area contributed by atoms with Gasteiger partial charge in [-0.05, 0) is 44.7 Å². The number of nitrogens with zero attached hydrogens (tertiary/aromatic N) is 3. The van der Waals surface area contributed by atoms with Crippen molar-refractivity contribution < 1.29 is 0 Å². The lowest BCUT2D eigenvalue weighted by Gasteiger charge is -2.21. The standard InChI is InChI=1S/C11H18N4/c1-2-10(1)11-8-15(14-13-11)7-9-3-5-12-6-4-9/h8-10,12H,1-7H2. The topological polar surface area (TPSA) is 42.7 Å². The highest BCUT2D eigenvalue weighted by Crippen LogP contribution is 2.38. The molecule has 82 valence electrons. The first-order chi connectivity index (χ1) is 7.42. The average Bonchev–Trinajstić information content (AvgIpc) is 3.02. The van der Waals surface area contributed by atoms with Crippen LogP contribution in [0.1, 0.15) is 37.3 Å². The van der Waals surface area contributed by atoms with Crippen molar-refractivity contribution >= 4 is 0 Å². The lowest BCUT2D eigenvalue weighted by Crippen LogP contribution is -2.30. The zero-order valence-electron chi connectivity index (χ0n) is 9.02. The minimum absolute atomic E-state index is 0.728. The quantitative estimate of drug-likeness (QED) is 0.807. The third-order valence-electron chi connectivity index (χ3n) is 3.46. The van der Waals surface area contributed by atoms with E-state index in [2.05, 4.69) is 21.8 Å². The third-order valence-corrected chi connectivity index (χ3v) is 3.46. The fourth-order valence-corrected chi connectivity index (χ4v) is 2.30. The molecule has 1 aromatic rings. The molecule has 0 bridgehead atoms. The van der Waals surface area contributed by atoms with Crippen LogP contribution in [0, 0.1) is 5.92 Å². The summed E-state index contributed by atoms with van der Waals surface area (Å²) in [5.41, 5.74) is 1.21. The van der Waals surface area contributed by atoms with E-state index in [1.54, 1.807) is 0 Å². The van der Waals surface area contributed by atoms with Crippen LogP contribution in [0.2, 0.25) is 0 Å². The summed E-state index contributed by atoms with van der Waals surface area (Å²) in [6, 6.07) is 0. The first-order valence-corrected chi connectivity index (χ1v) is 6.02. The summed E-state index contributed by atoms with van der Waals surface area (Å²) in [5.74, 6) is 1.52. The molecule has 1 N–H and O–H groups in total. The predicted octanol–water partition coefficient (Wildman–Crippen LogP) is 1.16. The molecule has 15 heavy (non-hydrogen) atoms. The van der Waals surface area contributed by atoms with Crippen LogP contribution in [-0.4, -0.2) is 28.1 Å². The number of aromatic nitrogens is 3. The summed E-state index contributed by atoms with van der Waals surface area (Å²) in [6.07, 6.45) is 7.33. The Morgan fingerprint density at radius 3 is 2.80 bits per heavy atom. The fraction of sp³-hybridized carbons (Fsp3) is 0.818. The largest absolute Gasteiger partial charge is 0.317 e. The van der Waals surface area contributed by atoms with Crippen LogP contribution in [0.5, 0.6) is 0 Å². The molecule has 0 spiro atoms. The highest BCUT2D eigenvalue weighted by molar-refractivity contribution is 5.08. The van der Waals surface area contributed by atoms with E-state index < -0.39 is 0 Å². The van der Waals surface area contributed by atoms with Crippen LogP contribution in [0.4, 0.5) is 0 Å². The van der Waals surface area contributed by atoms with Crippen molar-refractivity contribution in [3.63, 3.8) is 0 Å². The molecule has 2 heterocycles. The normalized spacial score (nSPS) is 23.2. The van der Waals surface area contributed by atoms with Crippen molar-refractivity contribution in [1.29, 1.82) is 0 Å². The first-order valence-electron chi connectivity index (χ1n) is 6.02. The Bertz CT molecular complexity index is 323. The Hall–Kier alpha value is -0.900. The van der Waals surface area contributed by atoms with E-state index in [0.29, 0.717) is 0 Å². The molecule has 1 saturated carbocycles. The highest BCUT2D eigenvalue weighted by Gasteiger charge is 2.26. The SMILES string of the molecule is c1c(C2CC2)nnn1CC1CCNCC1. The van der Waals surface area contributed by atoms with Crippen LogP contribution >= 0.6 is 0 Å². The molecular formula is C11H18N4. The first kappa shape index (κ1) is 9.33. The molecule has 0 aromatic carbocycles. The van der Waals surface area contributed by atoms with Gasteiger partial charge >= 0.3 is 0 Å². The summed E-state index contributed by atoms with van der Waals surface area (Å²) >= 11 is 0. The number of rotatable bonds is 3. The molecule has 2 aliphatic rings. The minimum atomic E-state index is 0.728. The van der Waals surface area contributed by atoms with Gasteiger partial charge in [-0.1, -0.05) is 5.21 Å². The summed E-state index contributed by atoms with van der Waals surface area (Å²) in [5, 5.41) is 11.8. The van der Waals surface area contributed by atoms with Gasteiger partial charge in [-0.2, -0.15) is 0 Å². The Morgan fingerprint density at radius 2 is 2.07 bits per heavy atom. The van der Waals surface area contributed by atoms with Crippen LogP contribution in [-0.2, 0) is 6.54 Å². The minimum Gasteiger partial charge on any atom is -0.317 e. The molecule has 0 unspecified atom stereocenters. The Balaban J connectivity index is 1.60. The van der Waals surface area contributed by atoms with Crippen molar-refractivity contribution in [3.8, 4) is 0 Å². The van der Waals surface area contributed by atoms with Crippen molar-refractivity contribution in [3.05, 3.63) is 11.9 Å². The summed E-state index contributed by atoms with van der Waals surface area (Å²) in [4.78, 5) is 0. The van der Waals surface area contributed by atoms with Gasteiger partial charge in [-0.15, -0.1) is 5.10 Å². The van der Waals surface area contributed by atoms with Crippen LogP contribution in [0.3, 0.4) is 0 Å². The van der Waals surface area contributed by atoms with Gasteiger partial charge in [0, 0.05) is 18.7 Å². The number of nitrogens with one attached hydrogen (secondary N) is 1. The number of piperidine rings is 1. The van der Waals surface area contributed by atoms with Crippen molar-refractivity contribution in [1.82, 2.24) is 20.3 Å². The zero-order valence-corrected chi connectivity index (χ0v) is 9.02. The van der Waals surface area contributed by atoms with E-state index in [4.69, 9.17) is 0 Å². The maximum absolute atomic E-state index is 4.24. The lowest BCUT2D eigenvalue weighted by atomic mass is 9.98.